The summed E-state index contributed by atoms with van der Waals surface area (Å²) in [5.41, 5.74) is 2.09. The van der Waals surface area contributed by atoms with E-state index < -0.39 is 33.4 Å². The van der Waals surface area contributed by atoms with Gasteiger partial charge in [0.2, 0.25) is 10.0 Å². The van der Waals surface area contributed by atoms with E-state index in [4.69, 9.17) is 11.6 Å². The molecule has 0 radical (unpaired) electrons. The van der Waals surface area contributed by atoms with E-state index in [-0.39, 0.29) is 4.90 Å². The minimum absolute atomic E-state index is 0.233. The number of sulfonamides is 1. The first kappa shape index (κ1) is 24.6. The van der Waals surface area contributed by atoms with Crippen molar-refractivity contribution in [1.82, 2.24) is 4.72 Å². The van der Waals surface area contributed by atoms with Crippen LogP contribution in [0.1, 0.15) is 33.1 Å². The van der Waals surface area contributed by atoms with Crippen LogP contribution in [0, 0.1) is 12.7 Å². The first-order chi connectivity index (χ1) is 16.8. The molecular formula is C27H22ClFN2O3S. The molecule has 0 unspecified atom stereocenters. The second-order valence-electron chi connectivity index (χ2n) is 7.88. The van der Waals surface area contributed by atoms with Crippen molar-refractivity contribution >= 4 is 33.2 Å². The van der Waals surface area contributed by atoms with Gasteiger partial charge in [0.05, 0.1) is 16.5 Å². The Morgan fingerprint density at radius 3 is 2.06 bits per heavy atom. The van der Waals surface area contributed by atoms with Gasteiger partial charge in [-0.3, -0.25) is 4.79 Å². The maximum atomic E-state index is 14.6. The van der Waals surface area contributed by atoms with Gasteiger partial charge in [-0.25, -0.2) is 12.8 Å². The van der Waals surface area contributed by atoms with Crippen LogP contribution in [0.2, 0.25) is 5.02 Å². The molecule has 35 heavy (non-hydrogen) atoms. The largest absolute Gasteiger partial charge is 0.322 e. The van der Waals surface area contributed by atoms with Crippen molar-refractivity contribution < 1.29 is 17.6 Å². The lowest BCUT2D eigenvalue weighted by molar-refractivity contribution is 0.102. The van der Waals surface area contributed by atoms with E-state index in [1.165, 1.54) is 0 Å². The summed E-state index contributed by atoms with van der Waals surface area (Å²) < 4.78 is 44.0. The van der Waals surface area contributed by atoms with Gasteiger partial charge in [-0.05, 0) is 53.9 Å². The van der Waals surface area contributed by atoms with Crippen LogP contribution in [-0.4, -0.2) is 14.3 Å². The van der Waals surface area contributed by atoms with Crippen LogP contribution in [0.15, 0.2) is 102 Å². The molecule has 5 nitrogen and oxygen atoms in total. The molecule has 0 bridgehead atoms. The Balaban J connectivity index is 1.67. The summed E-state index contributed by atoms with van der Waals surface area (Å²) in [5.74, 6) is -1.63. The van der Waals surface area contributed by atoms with E-state index >= 15 is 0 Å². The third kappa shape index (κ3) is 5.59. The molecule has 8 heteroatoms. The number of benzene rings is 4. The van der Waals surface area contributed by atoms with Crippen molar-refractivity contribution in [3.05, 3.63) is 130 Å². The minimum Gasteiger partial charge on any atom is -0.322 e. The average molecular weight is 509 g/mol. The molecule has 0 fully saturated rings. The number of nitrogens with one attached hydrogen (secondary N) is 2. The number of halogens is 2. The third-order valence-corrected chi connectivity index (χ3v) is 7.38. The van der Waals surface area contributed by atoms with Crippen LogP contribution in [0.3, 0.4) is 0 Å². The molecule has 0 heterocycles. The Bertz CT molecular complexity index is 1420. The van der Waals surface area contributed by atoms with Gasteiger partial charge in [-0.1, -0.05) is 78.3 Å². The van der Waals surface area contributed by atoms with E-state index in [2.05, 4.69) is 10.0 Å². The zero-order valence-corrected chi connectivity index (χ0v) is 20.3. The van der Waals surface area contributed by atoms with Crippen LogP contribution >= 0.6 is 11.6 Å². The lowest BCUT2D eigenvalue weighted by atomic mass is 10.00. The van der Waals surface area contributed by atoms with E-state index in [1.54, 1.807) is 25.1 Å². The number of anilines is 1. The number of rotatable bonds is 7. The predicted octanol–water partition coefficient (Wildman–Crippen LogP) is 6.11. The molecule has 2 N–H and O–H groups in total. The maximum absolute atomic E-state index is 14.6. The summed E-state index contributed by atoms with van der Waals surface area (Å²) in [5, 5.41) is 3.04. The van der Waals surface area contributed by atoms with Gasteiger partial charge in [0.25, 0.3) is 5.91 Å². The van der Waals surface area contributed by atoms with Gasteiger partial charge in [-0.15, -0.1) is 0 Å². The lowest BCUT2D eigenvalue weighted by Crippen LogP contribution is -2.30. The molecule has 0 aliphatic heterocycles. The van der Waals surface area contributed by atoms with Crippen LogP contribution in [0.5, 0.6) is 0 Å². The maximum Gasteiger partial charge on any atom is 0.258 e. The molecule has 0 atom stereocenters. The number of amides is 1. The SMILES string of the molecule is Cc1c(Cl)cccc1NC(=O)c1cc(S(=O)(=O)NC(c2ccccc2)c2ccccc2)ccc1F. The first-order valence-electron chi connectivity index (χ1n) is 10.7. The minimum atomic E-state index is -4.13. The Morgan fingerprint density at radius 1 is 0.857 bits per heavy atom. The summed E-state index contributed by atoms with van der Waals surface area (Å²) in [7, 11) is -4.13. The molecular weight excluding hydrogens is 487 g/mol. The number of hydrogen-bond donors (Lipinski definition) is 2. The topological polar surface area (TPSA) is 75.3 Å². The van der Waals surface area contributed by atoms with Crippen LogP contribution in [0.4, 0.5) is 10.1 Å². The highest BCUT2D eigenvalue weighted by atomic mass is 35.5. The normalized spacial score (nSPS) is 11.4. The van der Waals surface area contributed by atoms with Gasteiger partial charge in [0.1, 0.15) is 5.82 Å². The molecule has 0 aliphatic carbocycles. The van der Waals surface area contributed by atoms with E-state index in [1.807, 2.05) is 60.7 Å². The molecule has 0 spiro atoms. The highest BCUT2D eigenvalue weighted by Crippen LogP contribution is 2.27. The second kappa shape index (κ2) is 10.4. The molecule has 0 aromatic heterocycles. The van der Waals surface area contributed by atoms with Crippen LogP contribution in [0.25, 0.3) is 0 Å². The summed E-state index contributed by atoms with van der Waals surface area (Å²) in [6, 6.07) is 25.6. The fourth-order valence-corrected chi connectivity index (χ4v) is 5.03. The fourth-order valence-electron chi connectivity index (χ4n) is 3.62. The number of carbonyl (C=O) groups is 1. The molecule has 4 aromatic rings. The van der Waals surface area contributed by atoms with Gasteiger partial charge in [0.15, 0.2) is 0 Å². The van der Waals surface area contributed by atoms with Gasteiger partial charge >= 0.3 is 0 Å². The highest BCUT2D eigenvalue weighted by molar-refractivity contribution is 7.89. The average Bonchev–Trinajstić information content (AvgIpc) is 2.86. The molecule has 178 valence electrons. The summed E-state index contributed by atoms with van der Waals surface area (Å²) in [6.45, 7) is 1.71. The monoisotopic (exact) mass is 508 g/mol. The predicted molar refractivity (Wildman–Crippen MR) is 136 cm³/mol. The molecule has 4 aromatic carbocycles. The van der Waals surface area contributed by atoms with Crippen molar-refractivity contribution in [2.24, 2.45) is 0 Å². The van der Waals surface area contributed by atoms with E-state index in [0.717, 1.165) is 29.3 Å². The first-order valence-corrected chi connectivity index (χ1v) is 12.6. The number of hydrogen-bond acceptors (Lipinski definition) is 3. The second-order valence-corrected chi connectivity index (χ2v) is 10.0. The van der Waals surface area contributed by atoms with Crippen molar-refractivity contribution in [1.29, 1.82) is 0 Å². The van der Waals surface area contributed by atoms with Crippen molar-refractivity contribution in [2.45, 2.75) is 17.9 Å². The van der Waals surface area contributed by atoms with Crippen molar-refractivity contribution in [3.8, 4) is 0 Å². The van der Waals surface area contributed by atoms with Gasteiger partial charge in [0, 0.05) is 10.7 Å². The number of carbonyl (C=O) groups excluding carboxylic acids is 1. The van der Waals surface area contributed by atoms with Gasteiger partial charge in [-0.2, -0.15) is 4.72 Å². The molecule has 0 aliphatic rings. The van der Waals surface area contributed by atoms with E-state index in [9.17, 15) is 17.6 Å². The Labute approximate surface area is 208 Å². The van der Waals surface area contributed by atoms with Crippen molar-refractivity contribution in [3.63, 3.8) is 0 Å². The quantitative estimate of drug-likeness (QED) is 0.316. The van der Waals surface area contributed by atoms with Crippen molar-refractivity contribution in [2.75, 3.05) is 5.32 Å². The standard InChI is InChI=1S/C27H22ClFN2O3S/c1-18-23(28)13-8-14-25(18)30-27(32)22-17-21(15-16-24(22)29)35(33,34)31-26(19-9-4-2-5-10-19)20-11-6-3-7-12-20/h2-17,26,31H,1H3,(H,30,32). The summed E-state index contributed by atoms with van der Waals surface area (Å²) >= 11 is 6.10. The molecule has 0 saturated carbocycles. The zero-order valence-electron chi connectivity index (χ0n) is 18.7. The Kier molecular flexibility index (Phi) is 7.31. The van der Waals surface area contributed by atoms with Crippen LogP contribution < -0.4 is 10.0 Å². The fraction of sp³-hybridized carbons (Fsp3) is 0.0741. The third-order valence-electron chi connectivity index (χ3n) is 5.55. The van der Waals surface area contributed by atoms with E-state index in [0.29, 0.717) is 16.3 Å². The highest BCUT2D eigenvalue weighted by Gasteiger charge is 2.25. The summed E-state index contributed by atoms with van der Waals surface area (Å²) in [6.07, 6.45) is 0. The smallest absolute Gasteiger partial charge is 0.258 e. The zero-order chi connectivity index (χ0) is 25.0. The lowest BCUT2D eigenvalue weighted by Gasteiger charge is -2.20. The van der Waals surface area contributed by atoms with Gasteiger partial charge < -0.3 is 5.32 Å². The Hall–Kier alpha value is -3.52. The summed E-state index contributed by atoms with van der Waals surface area (Å²) in [4.78, 5) is 12.6. The molecule has 1 amide bonds. The van der Waals surface area contributed by atoms with Crippen LogP contribution in [-0.2, 0) is 10.0 Å². The molecule has 4 rings (SSSR count). The Morgan fingerprint density at radius 2 is 1.46 bits per heavy atom. The molecule has 0 saturated heterocycles.